The van der Waals surface area contributed by atoms with Crippen LogP contribution in [0.3, 0.4) is 0 Å². The van der Waals surface area contributed by atoms with Crippen molar-refractivity contribution in [3.63, 3.8) is 0 Å². The van der Waals surface area contributed by atoms with Gasteiger partial charge in [-0.3, -0.25) is 10.1 Å². The molecule has 0 saturated carbocycles. The molecule has 0 fully saturated rings. The molecule has 0 aliphatic rings. The van der Waals surface area contributed by atoms with Crippen LogP contribution in [-0.2, 0) is 4.79 Å². The van der Waals surface area contributed by atoms with Gasteiger partial charge in [0.25, 0.3) is 11.9 Å². The molecule has 86 valence electrons. The van der Waals surface area contributed by atoms with E-state index in [0.29, 0.717) is 0 Å². The maximum atomic E-state index is 12.6. The van der Waals surface area contributed by atoms with Gasteiger partial charge in [0, 0.05) is 6.08 Å². The first kappa shape index (κ1) is 10.9. The van der Waals surface area contributed by atoms with Crippen molar-refractivity contribution in [1.82, 2.24) is 20.6 Å². The summed E-state index contributed by atoms with van der Waals surface area (Å²) in [5.41, 5.74) is 0.717. The number of nitrogens with zero attached hydrogens (tertiary/aromatic N) is 3. The molecule has 0 aliphatic heterocycles. The number of aromatic nitrogens is 4. The van der Waals surface area contributed by atoms with Gasteiger partial charge in [-0.15, -0.1) is 5.10 Å². The summed E-state index contributed by atoms with van der Waals surface area (Å²) in [5, 5.41) is 15.0. The first-order valence-electron chi connectivity index (χ1n) is 4.72. The minimum absolute atomic E-state index is 0.0961. The zero-order chi connectivity index (χ0) is 12.1. The van der Waals surface area contributed by atoms with Crippen LogP contribution in [0.2, 0.25) is 0 Å². The van der Waals surface area contributed by atoms with Gasteiger partial charge < -0.3 is 0 Å². The van der Waals surface area contributed by atoms with E-state index in [1.54, 1.807) is 18.2 Å². The lowest BCUT2D eigenvalue weighted by atomic mass is 10.2. The molecule has 0 bridgehead atoms. The highest BCUT2D eigenvalue weighted by Gasteiger charge is 2.00. The van der Waals surface area contributed by atoms with Crippen LogP contribution in [0.15, 0.2) is 30.3 Å². The van der Waals surface area contributed by atoms with Crippen LogP contribution in [0.1, 0.15) is 5.56 Å². The van der Waals surface area contributed by atoms with E-state index in [-0.39, 0.29) is 11.8 Å². The van der Waals surface area contributed by atoms with Crippen LogP contribution in [0.4, 0.5) is 10.3 Å². The number of carbonyl (C=O) groups is 1. The summed E-state index contributed by atoms with van der Waals surface area (Å²) >= 11 is 0. The number of tetrazole rings is 1. The molecule has 1 aromatic heterocycles. The van der Waals surface area contributed by atoms with Gasteiger partial charge in [-0.05, 0) is 29.0 Å². The number of hydrogen-bond donors (Lipinski definition) is 2. The molecule has 0 atom stereocenters. The second-order valence-electron chi connectivity index (χ2n) is 3.11. The Kier molecular flexibility index (Phi) is 3.20. The zero-order valence-corrected chi connectivity index (χ0v) is 8.59. The molecule has 7 heteroatoms. The van der Waals surface area contributed by atoms with Gasteiger partial charge in [0.05, 0.1) is 0 Å². The number of amides is 1. The van der Waals surface area contributed by atoms with Gasteiger partial charge in [-0.2, -0.15) is 5.21 Å². The third-order valence-electron chi connectivity index (χ3n) is 1.88. The Labute approximate surface area is 95.5 Å². The summed E-state index contributed by atoms with van der Waals surface area (Å²) in [6, 6.07) is 5.76. The molecule has 0 radical (unpaired) electrons. The molecule has 2 rings (SSSR count). The van der Waals surface area contributed by atoms with Gasteiger partial charge in [0.15, 0.2) is 0 Å². The summed E-state index contributed by atoms with van der Waals surface area (Å²) in [6.07, 6.45) is 2.85. The lowest BCUT2D eigenvalue weighted by molar-refractivity contribution is -0.111. The summed E-state index contributed by atoms with van der Waals surface area (Å²) < 4.78 is 12.6. The van der Waals surface area contributed by atoms with E-state index >= 15 is 0 Å². The Bertz CT molecular complexity index is 520. The molecular weight excluding hydrogens is 225 g/mol. The smallest absolute Gasteiger partial charge is 0.270 e. The number of H-pyrrole nitrogens is 1. The molecule has 1 heterocycles. The molecule has 17 heavy (non-hydrogen) atoms. The number of aromatic amines is 1. The largest absolute Gasteiger partial charge is 0.288 e. The Morgan fingerprint density at radius 3 is 2.76 bits per heavy atom. The molecule has 0 saturated heterocycles. The van der Waals surface area contributed by atoms with Crippen molar-refractivity contribution >= 4 is 17.9 Å². The quantitative estimate of drug-likeness (QED) is 0.774. The van der Waals surface area contributed by atoms with E-state index in [0.717, 1.165) is 5.56 Å². The Morgan fingerprint density at radius 1 is 1.35 bits per heavy atom. The van der Waals surface area contributed by atoms with Crippen molar-refractivity contribution in [2.45, 2.75) is 0 Å². The highest BCUT2D eigenvalue weighted by molar-refractivity contribution is 6.00. The first-order valence-corrected chi connectivity index (χ1v) is 4.72. The second kappa shape index (κ2) is 4.97. The van der Waals surface area contributed by atoms with E-state index in [2.05, 4.69) is 25.9 Å². The predicted molar refractivity (Wildman–Crippen MR) is 58.2 cm³/mol. The van der Waals surface area contributed by atoms with Crippen LogP contribution < -0.4 is 5.32 Å². The average Bonchev–Trinajstić information content (AvgIpc) is 2.81. The number of rotatable bonds is 3. The van der Waals surface area contributed by atoms with Crippen molar-refractivity contribution in [3.8, 4) is 0 Å². The Morgan fingerprint density at radius 2 is 2.12 bits per heavy atom. The van der Waals surface area contributed by atoms with Crippen LogP contribution >= 0.6 is 0 Å². The van der Waals surface area contributed by atoms with Crippen LogP contribution in [0, 0.1) is 5.82 Å². The fraction of sp³-hybridized carbons (Fsp3) is 0. The molecule has 1 amide bonds. The van der Waals surface area contributed by atoms with Crippen molar-refractivity contribution < 1.29 is 9.18 Å². The van der Waals surface area contributed by atoms with Crippen molar-refractivity contribution in [3.05, 3.63) is 41.7 Å². The average molecular weight is 233 g/mol. The molecule has 6 nitrogen and oxygen atoms in total. The molecule has 0 unspecified atom stereocenters. The van der Waals surface area contributed by atoms with Crippen LogP contribution in [0.25, 0.3) is 6.08 Å². The van der Waals surface area contributed by atoms with Gasteiger partial charge >= 0.3 is 0 Å². The normalized spacial score (nSPS) is 10.6. The summed E-state index contributed by atoms with van der Waals surface area (Å²) in [7, 11) is 0. The lowest BCUT2D eigenvalue weighted by Gasteiger charge is -1.94. The van der Waals surface area contributed by atoms with Gasteiger partial charge in [0.1, 0.15) is 5.82 Å². The standard InChI is InChI=1S/C10H8FN5O/c11-8-4-1-7(2-5-8)3-6-9(17)12-10-13-15-16-14-10/h1-6H,(H2,12,13,14,15,16,17). The maximum absolute atomic E-state index is 12.6. The van der Waals surface area contributed by atoms with E-state index in [4.69, 9.17) is 0 Å². The summed E-state index contributed by atoms with van der Waals surface area (Å²) in [4.78, 5) is 11.4. The molecule has 2 aromatic rings. The second-order valence-corrected chi connectivity index (χ2v) is 3.11. The number of hydrogen-bond acceptors (Lipinski definition) is 4. The van der Waals surface area contributed by atoms with E-state index in [1.807, 2.05) is 0 Å². The number of nitrogens with one attached hydrogen (secondary N) is 2. The summed E-state index contributed by atoms with van der Waals surface area (Å²) in [5.74, 6) is -0.618. The van der Waals surface area contributed by atoms with E-state index in [1.165, 1.54) is 18.2 Å². The SMILES string of the molecule is O=C(C=Cc1ccc(F)cc1)Nc1nn[nH]n1. The first-order chi connectivity index (χ1) is 8.24. The van der Waals surface area contributed by atoms with Gasteiger partial charge in [0.2, 0.25) is 0 Å². The lowest BCUT2D eigenvalue weighted by Crippen LogP contribution is -2.09. The van der Waals surface area contributed by atoms with Crippen LogP contribution in [-0.4, -0.2) is 26.5 Å². The number of benzene rings is 1. The third-order valence-corrected chi connectivity index (χ3v) is 1.88. The minimum atomic E-state index is -0.393. The topological polar surface area (TPSA) is 83.6 Å². The maximum Gasteiger partial charge on any atom is 0.270 e. The number of carbonyl (C=O) groups excluding carboxylic acids is 1. The number of halogens is 1. The number of anilines is 1. The van der Waals surface area contributed by atoms with Crippen molar-refractivity contribution in [2.75, 3.05) is 5.32 Å². The van der Waals surface area contributed by atoms with Crippen molar-refractivity contribution in [2.24, 2.45) is 0 Å². The molecule has 1 aromatic carbocycles. The molecule has 0 spiro atoms. The fourth-order valence-corrected chi connectivity index (χ4v) is 1.11. The summed E-state index contributed by atoms with van der Waals surface area (Å²) in [6.45, 7) is 0. The zero-order valence-electron chi connectivity index (χ0n) is 8.59. The Hall–Kier alpha value is -2.57. The van der Waals surface area contributed by atoms with Crippen LogP contribution in [0.5, 0.6) is 0 Å². The van der Waals surface area contributed by atoms with Crippen molar-refractivity contribution in [1.29, 1.82) is 0 Å². The Balaban J connectivity index is 1.96. The predicted octanol–water partition coefficient (Wildman–Crippen LogP) is 0.991. The minimum Gasteiger partial charge on any atom is -0.288 e. The highest BCUT2D eigenvalue weighted by Crippen LogP contribution is 2.04. The monoisotopic (exact) mass is 233 g/mol. The highest BCUT2D eigenvalue weighted by atomic mass is 19.1. The van der Waals surface area contributed by atoms with E-state index in [9.17, 15) is 9.18 Å². The molecule has 0 aliphatic carbocycles. The third kappa shape index (κ3) is 3.20. The fourth-order valence-electron chi connectivity index (χ4n) is 1.11. The van der Waals surface area contributed by atoms with Gasteiger partial charge in [-0.25, -0.2) is 4.39 Å². The van der Waals surface area contributed by atoms with E-state index < -0.39 is 5.91 Å². The molecular formula is C10H8FN5O. The molecule has 2 N–H and O–H groups in total. The van der Waals surface area contributed by atoms with Gasteiger partial charge in [-0.1, -0.05) is 17.2 Å².